The van der Waals surface area contributed by atoms with Gasteiger partial charge in [-0.2, -0.15) is 0 Å². The van der Waals surface area contributed by atoms with Gasteiger partial charge in [0.15, 0.2) is 0 Å². The zero-order valence-corrected chi connectivity index (χ0v) is 20.9. The molecule has 12 heteroatoms. The molecule has 0 saturated carbocycles. The van der Waals surface area contributed by atoms with Crippen LogP contribution in [0.4, 0.5) is 0 Å². The first-order valence-corrected chi connectivity index (χ1v) is 12.6. The fourth-order valence-electron chi connectivity index (χ4n) is 4.29. The highest BCUT2D eigenvalue weighted by Gasteiger charge is 2.37. The van der Waals surface area contributed by atoms with Gasteiger partial charge in [-0.25, -0.2) is 4.79 Å². The Bertz CT molecular complexity index is 943. The average Bonchev–Trinajstić information content (AvgIpc) is 3.36. The molecule has 37 heavy (non-hydrogen) atoms. The standard InChI is InChI=1S/C25H38N6O6/c26-13-5-4-9-17(27)24(35)31-14-6-10-20(31)23(34)30-19(15-16-7-2-1-3-8-16)22(33)29-18(25(36)37)11-12-21(28)32/h1-3,7-8,17-20H,4-6,9-15,26-27H2,(H2,28,32)(H,29,33)(H,30,34)(H,36,37). The number of rotatable bonds is 15. The van der Waals surface area contributed by atoms with Crippen molar-refractivity contribution in [3.63, 3.8) is 0 Å². The molecule has 1 aliphatic heterocycles. The predicted octanol–water partition coefficient (Wildman–Crippen LogP) is -1.00. The Morgan fingerprint density at radius 3 is 2.35 bits per heavy atom. The van der Waals surface area contributed by atoms with Crippen molar-refractivity contribution in [1.82, 2.24) is 15.5 Å². The Morgan fingerprint density at radius 1 is 1.03 bits per heavy atom. The van der Waals surface area contributed by atoms with E-state index in [2.05, 4.69) is 10.6 Å². The summed E-state index contributed by atoms with van der Waals surface area (Å²) in [6, 6.07) is 4.92. The molecule has 1 saturated heterocycles. The fourth-order valence-corrected chi connectivity index (χ4v) is 4.29. The van der Waals surface area contributed by atoms with Crippen LogP contribution in [0.25, 0.3) is 0 Å². The van der Waals surface area contributed by atoms with Crippen LogP contribution >= 0.6 is 0 Å². The second-order valence-electron chi connectivity index (χ2n) is 9.24. The topological polar surface area (TPSA) is 211 Å². The van der Waals surface area contributed by atoms with Gasteiger partial charge in [-0.05, 0) is 44.2 Å². The molecule has 1 aliphatic rings. The monoisotopic (exact) mass is 518 g/mol. The van der Waals surface area contributed by atoms with Gasteiger partial charge >= 0.3 is 5.97 Å². The van der Waals surface area contributed by atoms with Gasteiger partial charge < -0.3 is 37.8 Å². The van der Waals surface area contributed by atoms with E-state index in [4.69, 9.17) is 17.2 Å². The molecule has 1 fully saturated rings. The Kier molecular flexibility index (Phi) is 12.0. The Balaban J connectivity index is 2.14. The molecule has 2 rings (SSSR count). The van der Waals surface area contributed by atoms with Gasteiger partial charge in [0.05, 0.1) is 6.04 Å². The van der Waals surface area contributed by atoms with Gasteiger partial charge in [-0.15, -0.1) is 0 Å². The van der Waals surface area contributed by atoms with Gasteiger partial charge in [0, 0.05) is 19.4 Å². The predicted molar refractivity (Wildman–Crippen MR) is 136 cm³/mol. The number of primary amides is 1. The van der Waals surface area contributed by atoms with E-state index < -0.39 is 47.9 Å². The van der Waals surface area contributed by atoms with Crippen LogP contribution in [0, 0.1) is 0 Å². The van der Waals surface area contributed by atoms with Crippen molar-refractivity contribution in [2.45, 2.75) is 75.5 Å². The van der Waals surface area contributed by atoms with E-state index in [9.17, 15) is 29.1 Å². The summed E-state index contributed by atoms with van der Waals surface area (Å²) in [7, 11) is 0. The van der Waals surface area contributed by atoms with Crippen molar-refractivity contribution in [2.24, 2.45) is 17.2 Å². The number of hydrogen-bond acceptors (Lipinski definition) is 7. The summed E-state index contributed by atoms with van der Waals surface area (Å²) in [6.45, 7) is 0.886. The van der Waals surface area contributed by atoms with E-state index in [-0.39, 0.29) is 25.2 Å². The van der Waals surface area contributed by atoms with Crippen LogP contribution in [-0.4, -0.2) is 76.9 Å². The van der Waals surface area contributed by atoms with E-state index in [0.29, 0.717) is 38.8 Å². The van der Waals surface area contributed by atoms with E-state index in [1.54, 1.807) is 30.3 Å². The summed E-state index contributed by atoms with van der Waals surface area (Å²) in [4.78, 5) is 63.5. The van der Waals surface area contributed by atoms with Gasteiger partial charge in [-0.1, -0.05) is 36.8 Å². The number of carbonyl (C=O) groups is 5. The number of likely N-dealkylation sites (tertiary alicyclic amines) is 1. The first-order chi connectivity index (χ1) is 17.6. The quantitative estimate of drug-likeness (QED) is 0.158. The lowest BCUT2D eigenvalue weighted by atomic mass is 10.0. The highest BCUT2D eigenvalue weighted by atomic mass is 16.4. The lowest BCUT2D eigenvalue weighted by Crippen LogP contribution is -2.57. The van der Waals surface area contributed by atoms with Crippen LogP contribution in [0.5, 0.6) is 0 Å². The SMILES string of the molecule is NCCCCC(N)C(=O)N1CCCC1C(=O)NC(Cc1ccccc1)C(=O)NC(CCC(N)=O)C(=O)O. The average molecular weight is 519 g/mol. The summed E-state index contributed by atoms with van der Waals surface area (Å²) in [5.41, 5.74) is 17.4. The molecule has 4 amide bonds. The Hall–Kier alpha value is -3.51. The van der Waals surface area contributed by atoms with Crippen LogP contribution < -0.4 is 27.8 Å². The molecule has 0 aromatic heterocycles. The van der Waals surface area contributed by atoms with Crippen LogP contribution in [0.1, 0.15) is 50.5 Å². The van der Waals surface area contributed by atoms with Crippen molar-refractivity contribution in [3.8, 4) is 0 Å². The number of unbranched alkanes of at least 4 members (excludes halogenated alkanes) is 1. The van der Waals surface area contributed by atoms with Crippen LogP contribution in [-0.2, 0) is 30.4 Å². The van der Waals surface area contributed by atoms with Gasteiger partial charge in [0.25, 0.3) is 0 Å². The molecule has 1 aromatic rings. The van der Waals surface area contributed by atoms with Gasteiger partial charge in [-0.3, -0.25) is 19.2 Å². The molecular formula is C25H38N6O6. The molecule has 4 unspecified atom stereocenters. The number of benzene rings is 1. The molecule has 1 heterocycles. The largest absolute Gasteiger partial charge is 0.480 e. The van der Waals surface area contributed by atoms with Crippen LogP contribution in [0.3, 0.4) is 0 Å². The first kappa shape index (κ1) is 29.7. The molecular weight excluding hydrogens is 480 g/mol. The number of nitrogens with two attached hydrogens (primary N) is 3. The second-order valence-corrected chi connectivity index (χ2v) is 9.24. The van der Waals surface area contributed by atoms with Crippen molar-refractivity contribution >= 4 is 29.6 Å². The zero-order chi connectivity index (χ0) is 27.4. The van der Waals surface area contributed by atoms with Crippen LogP contribution in [0.15, 0.2) is 30.3 Å². The summed E-state index contributed by atoms with van der Waals surface area (Å²) in [5.74, 6) is -3.57. The van der Waals surface area contributed by atoms with E-state index in [1.165, 1.54) is 4.90 Å². The molecule has 9 N–H and O–H groups in total. The van der Waals surface area contributed by atoms with E-state index in [1.807, 2.05) is 0 Å². The lowest BCUT2D eigenvalue weighted by molar-refractivity contribution is -0.143. The third-order valence-electron chi connectivity index (χ3n) is 6.33. The number of aliphatic carboxylic acids is 1. The molecule has 1 aromatic carbocycles. The van der Waals surface area contributed by atoms with E-state index in [0.717, 1.165) is 12.0 Å². The minimum atomic E-state index is -1.36. The summed E-state index contributed by atoms with van der Waals surface area (Å²) in [6.07, 6.45) is 2.63. The number of nitrogens with one attached hydrogen (secondary N) is 2. The second kappa shape index (κ2) is 14.9. The molecule has 0 bridgehead atoms. The summed E-state index contributed by atoms with van der Waals surface area (Å²) < 4.78 is 0. The summed E-state index contributed by atoms with van der Waals surface area (Å²) in [5, 5.41) is 14.6. The van der Waals surface area contributed by atoms with Crippen LogP contribution in [0.2, 0.25) is 0 Å². The third kappa shape index (κ3) is 9.47. The maximum Gasteiger partial charge on any atom is 0.326 e. The molecule has 0 aliphatic carbocycles. The number of hydrogen-bond donors (Lipinski definition) is 6. The molecule has 0 radical (unpaired) electrons. The number of nitrogens with zero attached hydrogens (tertiary/aromatic N) is 1. The van der Waals surface area contributed by atoms with Crippen molar-refractivity contribution < 1.29 is 29.1 Å². The van der Waals surface area contributed by atoms with E-state index >= 15 is 0 Å². The fraction of sp³-hybridized carbons (Fsp3) is 0.560. The minimum Gasteiger partial charge on any atom is -0.480 e. The number of carboxylic acid groups (broad SMARTS) is 1. The Morgan fingerprint density at radius 2 is 1.73 bits per heavy atom. The zero-order valence-electron chi connectivity index (χ0n) is 20.9. The number of carboxylic acids is 1. The smallest absolute Gasteiger partial charge is 0.326 e. The summed E-state index contributed by atoms with van der Waals surface area (Å²) >= 11 is 0. The molecule has 4 atom stereocenters. The van der Waals surface area contributed by atoms with Crippen molar-refractivity contribution in [3.05, 3.63) is 35.9 Å². The highest BCUT2D eigenvalue weighted by Crippen LogP contribution is 2.20. The first-order valence-electron chi connectivity index (χ1n) is 12.6. The molecule has 204 valence electrons. The van der Waals surface area contributed by atoms with Crippen molar-refractivity contribution in [1.29, 1.82) is 0 Å². The maximum absolute atomic E-state index is 13.3. The van der Waals surface area contributed by atoms with Crippen molar-refractivity contribution in [2.75, 3.05) is 13.1 Å². The van der Waals surface area contributed by atoms with Gasteiger partial charge in [0.2, 0.25) is 23.6 Å². The number of amides is 4. The molecule has 0 spiro atoms. The third-order valence-corrected chi connectivity index (χ3v) is 6.33. The highest BCUT2D eigenvalue weighted by molar-refractivity contribution is 5.94. The lowest BCUT2D eigenvalue weighted by Gasteiger charge is -2.28. The Labute approximate surface area is 216 Å². The normalized spacial score (nSPS) is 17.5. The molecule has 12 nitrogen and oxygen atoms in total. The van der Waals surface area contributed by atoms with Gasteiger partial charge in [0.1, 0.15) is 18.1 Å². The number of carbonyl (C=O) groups excluding carboxylic acids is 4. The minimum absolute atomic E-state index is 0.0971. The maximum atomic E-state index is 13.3.